The summed E-state index contributed by atoms with van der Waals surface area (Å²) < 4.78 is 42.4. The summed E-state index contributed by atoms with van der Waals surface area (Å²) >= 11 is 25.6. The molecule has 17 rings (SSSR count). The summed E-state index contributed by atoms with van der Waals surface area (Å²) in [7, 11) is 4.25. The van der Waals surface area contributed by atoms with Crippen molar-refractivity contribution in [1.29, 1.82) is 0 Å². The topological polar surface area (TPSA) is 392 Å². The van der Waals surface area contributed by atoms with Gasteiger partial charge >= 0.3 is 0 Å². The van der Waals surface area contributed by atoms with Gasteiger partial charge in [-0.15, -0.1) is 0 Å². The first kappa shape index (κ1) is 102. The Morgan fingerprint density at radius 3 is 1.12 bits per heavy atom. The van der Waals surface area contributed by atoms with Gasteiger partial charge in [-0.05, 0) is 229 Å². The Labute approximate surface area is 823 Å². The first-order valence-electron chi connectivity index (χ1n) is 47.0. The molecule has 0 spiro atoms. The van der Waals surface area contributed by atoms with E-state index in [0.29, 0.717) is 97.8 Å². The van der Waals surface area contributed by atoms with Crippen molar-refractivity contribution < 1.29 is 47.7 Å². The van der Waals surface area contributed by atoms with Gasteiger partial charge in [-0.25, -0.2) is 29.4 Å². The lowest BCUT2D eigenvalue weighted by molar-refractivity contribution is -0.161. The number of anilines is 12. The number of aromatic nitrogens is 11. The lowest BCUT2D eigenvalue weighted by Crippen LogP contribution is -2.34. The molecule has 40 heteroatoms. The summed E-state index contributed by atoms with van der Waals surface area (Å²) in [5.41, 5.74) is 5.66. The van der Waals surface area contributed by atoms with Gasteiger partial charge in [0.1, 0.15) is 33.7 Å². The van der Waals surface area contributed by atoms with Crippen molar-refractivity contribution in [2.45, 2.75) is 175 Å². The Balaban J connectivity index is 0.000000148. The first-order chi connectivity index (χ1) is 66.9. The van der Waals surface area contributed by atoms with E-state index in [-0.39, 0.29) is 107 Å². The van der Waals surface area contributed by atoms with Gasteiger partial charge in [-0.1, -0.05) is 59.2 Å². The van der Waals surface area contributed by atoms with Gasteiger partial charge in [0, 0.05) is 148 Å². The molecular weight excluding hydrogens is 1870 g/mol. The highest BCUT2D eigenvalue weighted by Crippen LogP contribution is 2.39. The number of hydrogen-bond donors (Lipinski definition) is 7. The number of piperidine rings is 4. The Bertz CT molecular complexity index is 6710. The lowest BCUT2D eigenvalue weighted by atomic mass is 10.1. The lowest BCUT2D eigenvalue weighted by Gasteiger charge is -2.30. The van der Waals surface area contributed by atoms with Gasteiger partial charge < -0.3 is 88.7 Å². The fourth-order valence-corrected chi connectivity index (χ4v) is 17.9. The minimum absolute atomic E-state index is 0.0194. The number of nitrogens with zero attached hydrogens (tertiary/aromatic N) is 16. The predicted octanol–water partition coefficient (Wildman–Crippen LogP) is 17.6. The van der Waals surface area contributed by atoms with E-state index in [2.05, 4.69) is 86.4 Å². The number of carbonyl (C=O) groups excluding carboxylic acids is 4. The van der Waals surface area contributed by atoms with Crippen LogP contribution in [0, 0.1) is 0 Å². The number of hydroxylamine groups is 2. The number of pyridine rings is 5. The molecule has 35 nitrogen and oxygen atoms in total. The third-order valence-electron chi connectivity index (χ3n) is 24.4. The van der Waals surface area contributed by atoms with Crippen LogP contribution in [0.3, 0.4) is 0 Å². The molecular formula is C99H117Cl4FN22O13. The van der Waals surface area contributed by atoms with Crippen LogP contribution in [-0.2, 0) is 19.2 Å². The average Bonchev–Trinajstić information content (AvgIpc) is 1.77. The second-order valence-corrected chi connectivity index (χ2v) is 37.2. The third kappa shape index (κ3) is 25.5. The molecule has 4 aromatic carbocycles. The highest BCUT2D eigenvalue weighted by molar-refractivity contribution is 6.34. The number of amides is 3. The van der Waals surface area contributed by atoms with Crippen molar-refractivity contribution in [3.8, 4) is 23.0 Å². The van der Waals surface area contributed by atoms with Crippen LogP contribution in [0.1, 0.15) is 169 Å². The van der Waals surface area contributed by atoms with E-state index in [1.54, 1.807) is 62.8 Å². The summed E-state index contributed by atoms with van der Waals surface area (Å²) in [6.07, 6.45) is 21.1. The number of fused-ring (bicyclic) bond motifs is 4. The maximum absolute atomic E-state index is 13.5. The molecule has 1 saturated carbocycles. The normalized spacial score (nSPS) is 14.7. The number of halogens is 5. The molecule has 5 aliphatic rings. The molecule has 1 aliphatic carbocycles. The number of likely N-dealkylation sites (N-methyl/N-ethyl adjacent to an activating group) is 3. The standard InChI is InChI=1S/C26H31ClN6O3.C25H29ClFN5O3.C24H29ClN6O4.C24H28ClN5O3/c1-28-23(34)16-36-22-14-17-13-18(9-10-21(17)33(25(22)35)19-7-3-4-8-19)30-24-20(27)15-29-26(31-24)32-11-5-2-6-12-32;1-15(2)32-21-5-4-18(10-16(21)11-22(25(32)34)35-14-24(33)28-3)30-20-12-23(29-13-19(20)26)31-8-6-17(27)7-9-31;1-15(2)31-19-8-7-17(11-16(19)12-20(23(31)33)35-14-21(32)29(3)34)27-22-18(25)13-26-24(28-22)30-9-5-4-6-10-30;1-15(2)30-20-8-7-18(11-17(20)12-21(23(30)32)33-14-16(3)31)27-22-19(25)13-26-24(28-22)29-9-5-4-6-10-29/h9-10,13-15,19H,2-8,11-12,16H2,1H3,(H,28,34)(H,29,30,31);4-5,10-13,15,17H,6-9,14H2,1-3H3,(H,28,33)(H,29,30);7-8,11-13,15,34H,4-6,9-10,14H2,1-3H3,(H,26,27,28);7-8,11-13,15H,4-6,9-10,14H2,1-3H3,(H,26,27,28). The van der Waals surface area contributed by atoms with Crippen molar-refractivity contribution in [3.05, 3.63) is 189 Å². The molecule has 3 amide bonds. The van der Waals surface area contributed by atoms with Crippen LogP contribution in [0.4, 0.5) is 73.9 Å². The second kappa shape index (κ2) is 47.0. The van der Waals surface area contributed by atoms with E-state index in [4.69, 9.17) is 65.4 Å². The molecule has 736 valence electrons. The van der Waals surface area contributed by atoms with E-state index >= 15 is 0 Å². The zero-order valence-electron chi connectivity index (χ0n) is 79.5. The van der Waals surface area contributed by atoms with Gasteiger partial charge in [0.2, 0.25) is 17.8 Å². The molecule has 4 aliphatic heterocycles. The predicted molar refractivity (Wildman–Crippen MR) is 545 cm³/mol. The molecule has 0 atom stereocenters. The Kier molecular flexibility index (Phi) is 34.4. The van der Waals surface area contributed by atoms with Gasteiger partial charge in [-0.2, -0.15) is 15.0 Å². The number of benzene rings is 4. The third-order valence-corrected chi connectivity index (χ3v) is 25.6. The Hall–Kier alpha value is -13.2. The van der Waals surface area contributed by atoms with Crippen LogP contribution in [-0.4, -0.2) is 193 Å². The van der Waals surface area contributed by atoms with Crippen LogP contribution in [0.5, 0.6) is 23.0 Å². The van der Waals surface area contributed by atoms with Gasteiger partial charge in [-0.3, -0.25) is 43.6 Å². The van der Waals surface area contributed by atoms with Crippen LogP contribution in [0.15, 0.2) is 147 Å². The second-order valence-electron chi connectivity index (χ2n) is 35.6. The van der Waals surface area contributed by atoms with Crippen LogP contribution in [0.25, 0.3) is 43.6 Å². The number of alkyl halides is 1. The van der Waals surface area contributed by atoms with E-state index in [1.807, 2.05) is 125 Å². The van der Waals surface area contributed by atoms with Crippen LogP contribution >= 0.6 is 46.4 Å². The van der Waals surface area contributed by atoms with E-state index < -0.39 is 18.7 Å². The molecule has 12 heterocycles. The highest BCUT2D eigenvalue weighted by Gasteiger charge is 2.28. The monoisotopic (exact) mass is 1980 g/mol. The molecule has 7 N–H and O–H groups in total. The van der Waals surface area contributed by atoms with Crippen LogP contribution < -0.4 is 92.7 Å². The SMILES string of the molecule is CC(=O)COc1cc2cc(Nc3nc(N4CCCCC4)ncc3Cl)ccc2n(C(C)C)c1=O.CC(C)n1c(=O)c(OCC(=O)N(C)O)cc2cc(Nc3nc(N4CCCCC4)ncc3Cl)ccc21.CNC(=O)COc1cc2cc(Nc3cc(N4CCC(F)CC4)ncc3Cl)ccc2n(C(C)C)c1=O.CNC(=O)COc1cc2cc(Nc3nc(N4CCCCC4)ncc3Cl)ccc2n(C2CCCC2)c1=O. The fourth-order valence-electron chi connectivity index (χ4n) is 17.3. The van der Waals surface area contributed by atoms with Crippen molar-refractivity contribution >= 4 is 183 Å². The van der Waals surface area contributed by atoms with E-state index in [0.717, 1.165) is 170 Å². The number of ether oxygens (including phenoxy) is 4. The summed E-state index contributed by atoms with van der Waals surface area (Å²) in [5.74, 6) is 3.27. The summed E-state index contributed by atoms with van der Waals surface area (Å²) in [5, 5.41) is 32.7. The molecule has 8 aromatic heterocycles. The molecule has 4 saturated heterocycles. The van der Waals surface area contributed by atoms with E-state index in [1.165, 1.54) is 47.3 Å². The summed E-state index contributed by atoms with van der Waals surface area (Å²) in [6, 6.07) is 30.9. The molecule has 12 aromatic rings. The largest absolute Gasteiger partial charge is 0.480 e. The van der Waals surface area contributed by atoms with Crippen molar-refractivity contribution in [3.63, 3.8) is 0 Å². The fraction of sp³-hybridized carbons (Fsp3) is 0.424. The van der Waals surface area contributed by atoms with Gasteiger partial charge in [0.15, 0.2) is 66.1 Å². The van der Waals surface area contributed by atoms with Gasteiger partial charge in [0.25, 0.3) is 40.0 Å². The summed E-state index contributed by atoms with van der Waals surface area (Å²) in [4.78, 5) is 139. The van der Waals surface area contributed by atoms with Crippen LogP contribution in [0.2, 0.25) is 20.1 Å². The molecule has 0 radical (unpaired) electrons. The van der Waals surface area contributed by atoms with Crippen molar-refractivity contribution in [2.24, 2.45) is 0 Å². The molecule has 5 fully saturated rings. The smallest absolute Gasteiger partial charge is 0.293 e. The van der Waals surface area contributed by atoms with Gasteiger partial charge in [0.05, 0.1) is 57.6 Å². The molecule has 0 bridgehead atoms. The average molecular weight is 1980 g/mol. The first-order valence-corrected chi connectivity index (χ1v) is 48.5. The minimum Gasteiger partial charge on any atom is -0.480 e. The Morgan fingerprint density at radius 2 is 0.755 bits per heavy atom. The highest BCUT2D eigenvalue weighted by atomic mass is 35.5. The number of ketones is 1. The van der Waals surface area contributed by atoms with Crippen molar-refractivity contribution in [1.82, 2.24) is 68.9 Å². The number of carbonyl (C=O) groups is 4. The van der Waals surface area contributed by atoms with Crippen molar-refractivity contribution in [2.75, 3.05) is 141 Å². The summed E-state index contributed by atoms with van der Waals surface area (Å²) in [6.45, 7) is 18.7. The molecule has 0 unspecified atom stereocenters. The number of hydrogen-bond acceptors (Lipinski definition) is 28. The quantitative estimate of drug-likeness (QED) is 0.0177. The van der Waals surface area contributed by atoms with E-state index in [9.17, 15) is 48.0 Å². The zero-order valence-corrected chi connectivity index (χ0v) is 82.5. The maximum Gasteiger partial charge on any atom is 0.293 e. The Morgan fingerprint density at radius 1 is 0.417 bits per heavy atom. The molecule has 139 heavy (non-hydrogen) atoms. The number of nitrogens with one attached hydrogen (secondary N) is 6. The number of rotatable bonds is 28. The zero-order chi connectivity index (χ0) is 98.8. The minimum atomic E-state index is -0.762. The number of Topliss-reactive ketones (excluding diaryl/α,β-unsaturated/α-hetero) is 1. The maximum atomic E-state index is 13.5.